The molecule has 2 aromatic rings. The van der Waals surface area contributed by atoms with Gasteiger partial charge in [0.25, 0.3) is 5.91 Å². The van der Waals surface area contributed by atoms with E-state index in [0.29, 0.717) is 36.9 Å². The van der Waals surface area contributed by atoms with Gasteiger partial charge < -0.3 is 14.2 Å². The van der Waals surface area contributed by atoms with E-state index in [4.69, 9.17) is 19.6 Å². The normalized spacial score (nSPS) is 16.4. The molecule has 10 nitrogen and oxygen atoms in total. The average Bonchev–Trinajstić information content (AvgIpc) is 3.32. The number of amides is 1. The number of fused-ring (bicyclic) bond motifs is 1. The topological polar surface area (TPSA) is 131 Å². The molecule has 2 aromatic carbocycles. The lowest BCUT2D eigenvalue weighted by Gasteiger charge is -2.20. The summed E-state index contributed by atoms with van der Waals surface area (Å²) in [5, 5.41) is 13.6. The van der Waals surface area contributed by atoms with E-state index in [9.17, 15) is 13.2 Å². The van der Waals surface area contributed by atoms with E-state index in [-0.39, 0.29) is 26.7 Å². The smallest absolute Gasteiger partial charge is 0.283 e. The molecular formula is C25H26N4O6S2. The molecule has 12 heteroatoms. The number of sulfone groups is 1. The lowest BCUT2D eigenvalue weighted by atomic mass is 10.1. The van der Waals surface area contributed by atoms with Crippen LogP contribution in [0.3, 0.4) is 0 Å². The summed E-state index contributed by atoms with van der Waals surface area (Å²) in [6, 6.07) is 12.9. The van der Waals surface area contributed by atoms with Crippen LogP contribution < -0.4 is 14.2 Å². The predicted molar refractivity (Wildman–Crippen MR) is 144 cm³/mol. The van der Waals surface area contributed by atoms with Crippen molar-refractivity contribution >= 4 is 49.0 Å². The minimum absolute atomic E-state index is 0.0224. The van der Waals surface area contributed by atoms with Gasteiger partial charge in [0.15, 0.2) is 17.3 Å². The van der Waals surface area contributed by atoms with Crippen molar-refractivity contribution in [2.24, 2.45) is 10.1 Å². The Balaban J connectivity index is 1.49. The van der Waals surface area contributed by atoms with E-state index in [1.165, 1.54) is 13.0 Å². The number of amidine groups is 2. The fourth-order valence-corrected chi connectivity index (χ4v) is 5.50. The first-order valence-corrected chi connectivity index (χ1v) is 14.0. The van der Waals surface area contributed by atoms with Gasteiger partial charge in [-0.15, -0.1) is 5.10 Å². The largest absolute Gasteiger partial charge is 0.490 e. The molecule has 0 aliphatic carbocycles. The molecule has 2 aliphatic heterocycles. The third-order valence-electron chi connectivity index (χ3n) is 5.29. The van der Waals surface area contributed by atoms with Crippen LogP contribution in [0.4, 0.5) is 0 Å². The van der Waals surface area contributed by atoms with Gasteiger partial charge in [-0.25, -0.2) is 8.42 Å². The quantitative estimate of drug-likeness (QED) is 0.373. The highest BCUT2D eigenvalue weighted by Crippen LogP contribution is 2.32. The molecule has 194 valence electrons. The number of rotatable bonds is 9. The van der Waals surface area contributed by atoms with E-state index in [1.807, 2.05) is 38.1 Å². The molecule has 0 atom stereocenters. The summed E-state index contributed by atoms with van der Waals surface area (Å²) in [6.45, 7) is 6.39. The third kappa shape index (κ3) is 6.03. The maximum atomic E-state index is 12.7. The van der Waals surface area contributed by atoms with Crippen LogP contribution >= 0.6 is 11.8 Å². The maximum absolute atomic E-state index is 12.7. The molecule has 2 heterocycles. The van der Waals surface area contributed by atoms with Crippen molar-refractivity contribution in [2.75, 3.05) is 25.6 Å². The summed E-state index contributed by atoms with van der Waals surface area (Å²) in [7, 11) is -3.59. The Hall–Kier alpha value is -3.64. The third-order valence-corrected chi connectivity index (χ3v) is 8.38. The Labute approximate surface area is 219 Å². The van der Waals surface area contributed by atoms with E-state index >= 15 is 0 Å². The first-order valence-electron chi connectivity index (χ1n) is 11.5. The summed E-state index contributed by atoms with van der Waals surface area (Å²) in [4.78, 5) is 16.6. The van der Waals surface area contributed by atoms with Crippen LogP contribution in [0, 0.1) is 12.3 Å². The number of hydrogen-bond donors (Lipinski definition) is 1. The summed E-state index contributed by atoms with van der Waals surface area (Å²) in [6.07, 6.45) is 1.49. The monoisotopic (exact) mass is 542 g/mol. The van der Waals surface area contributed by atoms with Gasteiger partial charge in [0.1, 0.15) is 19.0 Å². The number of ether oxygens (including phenoxy) is 3. The van der Waals surface area contributed by atoms with Crippen LogP contribution in [-0.2, 0) is 14.6 Å². The Morgan fingerprint density at radius 2 is 1.76 bits per heavy atom. The standard InChI is InChI=1S/C25H26N4O6S2/c1-4-33-21-15-17(8-11-20(21)35-13-12-34-18-9-6-16(3)7-10-18)14-19-22(26)29-24(27-23(19)30)36-25(28-29)37(31,32)5-2/h6-11,14-15,26H,4-5,12-13H2,1-3H3/b19-14+,26-22?. The molecule has 0 aromatic heterocycles. The second-order valence-electron chi connectivity index (χ2n) is 7.94. The van der Waals surface area contributed by atoms with Crippen molar-refractivity contribution in [3.05, 3.63) is 59.2 Å². The fourth-order valence-electron chi connectivity index (χ4n) is 3.34. The van der Waals surface area contributed by atoms with Crippen LogP contribution in [0.2, 0.25) is 0 Å². The number of aliphatic imine (C=N–C) groups is 1. The van der Waals surface area contributed by atoms with E-state index in [2.05, 4.69) is 10.1 Å². The molecule has 0 radical (unpaired) electrons. The van der Waals surface area contributed by atoms with Gasteiger partial charge in [0, 0.05) is 0 Å². The van der Waals surface area contributed by atoms with Crippen molar-refractivity contribution in [1.82, 2.24) is 5.01 Å². The lowest BCUT2D eigenvalue weighted by molar-refractivity contribution is -0.114. The molecule has 0 fully saturated rings. The number of carbonyl (C=O) groups is 1. The van der Waals surface area contributed by atoms with Crippen molar-refractivity contribution in [1.29, 1.82) is 5.41 Å². The second-order valence-corrected chi connectivity index (χ2v) is 11.3. The Kier molecular flexibility index (Phi) is 7.98. The number of hydrogen-bond acceptors (Lipinski definition) is 9. The molecule has 0 spiro atoms. The zero-order chi connectivity index (χ0) is 26.6. The molecule has 1 amide bonds. The summed E-state index contributed by atoms with van der Waals surface area (Å²) in [5.74, 6) is 0.688. The highest BCUT2D eigenvalue weighted by molar-refractivity contribution is 8.42. The minimum atomic E-state index is -3.59. The lowest BCUT2D eigenvalue weighted by Crippen LogP contribution is -2.35. The van der Waals surface area contributed by atoms with Gasteiger partial charge in [0.05, 0.1) is 17.9 Å². The van der Waals surface area contributed by atoms with E-state index < -0.39 is 15.7 Å². The molecule has 4 rings (SSSR count). The zero-order valence-electron chi connectivity index (χ0n) is 20.6. The first kappa shape index (κ1) is 26.4. The van der Waals surface area contributed by atoms with E-state index in [0.717, 1.165) is 28.1 Å². The van der Waals surface area contributed by atoms with Crippen LogP contribution in [0.25, 0.3) is 6.08 Å². The van der Waals surface area contributed by atoms with Gasteiger partial charge in [0.2, 0.25) is 19.4 Å². The van der Waals surface area contributed by atoms with Crippen molar-refractivity contribution < 1.29 is 27.4 Å². The number of aryl methyl sites for hydroxylation is 1. The van der Waals surface area contributed by atoms with Gasteiger partial charge in [-0.3, -0.25) is 10.2 Å². The molecule has 37 heavy (non-hydrogen) atoms. The van der Waals surface area contributed by atoms with Gasteiger partial charge in [-0.1, -0.05) is 30.7 Å². The number of carbonyl (C=O) groups excluding carboxylic acids is 1. The Bertz CT molecular complexity index is 1420. The molecule has 0 unspecified atom stereocenters. The molecule has 0 saturated carbocycles. The predicted octanol–water partition coefficient (Wildman–Crippen LogP) is 3.86. The van der Waals surface area contributed by atoms with Gasteiger partial charge in [-0.2, -0.15) is 10.0 Å². The van der Waals surface area contributed by atoms with Crippen LogP contribution in [0.5, 0.6) is 17.2 Å². The van der Waals surface area contributed by atoms with Crippen LogP contribution in [0.1, 0.15) is 25.0 Å². The number of thioether (sulfide) groups is 1. The molecule has 0 bridgehead atoms. The highest BCUT2D eigenvalue weighted by Gasteiger charge is 2.39. The highest BCUT2D eigenvalue weighted by atomic mass is 32.3. The summed E-state index contributed by atoms with van der Waals surface area (Å²) >= 11 is 0.764. The van der Waals surface area contributed by atoms with Crippen molar-refractivity contribution in [2.45, 2.75) is 20.8 Å². The van der Waals surface area contributed by atoms with Crippen LogP contribution in [-0.4, -0.2) is 60.3 Å². The zero-order valence-corrected chi connectivity index (χ0v) is 22.2. The molecule has 2 aliphatic rings. The summed E-state index contributed by atoms with van der Waals surface area (Å²) in [5.41, 5.74) is 1.71. The molecule has 1 N–H and O–H groups in total. The number of hydrazone groups is 1. The second kappa shape index (κ2) is 11.2. The average molecular weight is 543 g/mol. The van der Waals surface area contributed by atoms with Gasteiger partial charge >= 0.3 is 0 Å². The Morgan fingerprint density at radius 3 is 2.46 bits per heavy atom. The van der Waals surface area contributed by atoms with Gasteiger partial charge in [-0.05, 0) is 61.5 Å². The SMILES string of the molecule is CCOc1cc(/C=C2\C(=N)N3N=C(S(=O)(=O)CC)SC3=NC2=O)ccc1OCCOc1ccc(C)cc1. The van der Waals surface area contributed by atoms with Crippen molar-refractivity contribution in [3.8, 4) is 17.2 Å². The van der Waals surface area contributed by atoms with E-state index in [1.54, 1.807) is 18.2 Å². The number of benzene rings is 2. The Morgan fingerprint density at radius 1 is 1.03 bits per heavy atom. The summed E-state index contributed by atoms with van der Waals surface area (Å²) < 4.78 is 41.4. The fraction of sp³-hybridized carbons (Fsp3) is 0.280. The minimum Gasteiger partial charge on any atom is -0.490 e. The van der Waals surface area contributed by atoms with Crippen molar-refractivity contribution in [3.63, 3.8) is 0 Å². The molecule has 0 saturated heterocycles. The maximum Gasteiger partial charge on any atom is 0.283 e. The number of nitrogens with zero attached hydrogens (tertiary/aromatic N) is 3. The van der Waals surface area contributed by atoms with Crippen LogP contribution in [0.15, 0.2) is 58.1 Å². The molecular weight excluding hydrogens is 516 g/mol. The number of nitrogens with one attached hydrogen (secondary N) is 1. The first-order chi connectivity index (χ1) is 17.7.